The van der Waals surface area contributed by atoms with E-state index in [2.05, 4.69) is 40.8 Å². The number of rotatable bonds is 19. The fraction of sp³-hybridized carbons (Fsp3) is 0.500. The number of hydrogen-bond donors (Lipinski definition) is 2. The van der Waals surface area contributed by atoms with Crippen molar-refractivity contribution < 1.29 is 18.9 Å². The molecule has 0 unspecified atom stereocenters. The molecule has 222 valence electrons. The topological polar surface area (TPSA) is 71.3 Å². The van der Waals surface area contributed by atoms with Crippen molar-refractivity contribution in [3.8, 4) is 5.75 Å². The molecule has 3 rings (SSSR count). The molecular weight excluding hydrogens is 530 g/mol. The van der Waals surface area contributed by atoms with Gasteiger partial charge in [-0.05, 0) is 44.5 Å². The van der Waals surface area contributed by atoms with Crippen LogP contribution >= 0.6 is 11.3 Å². The summed E-state index contributed by atoms with van der Waals surface area (Å²) < 4.78 is 8.23. The summed E-state index contributed by atoms with van der Waals surface area (Å²) >= 11 is 1.71. The third-order valence-electron chi connectivity index (χ3n) is 7.16. The van der Waals surface area contributed by atoms with E-state index in [1.807, 2.05) is 24.3 Å². The first-order valence-electron chi connectivity index (χ1n) is 15.3. The number of para-hydroxylation sites is 1. The average molecular weight is 579 g/mol. The molecule has 7 heteroatoms. The highest BCUT2D eigenvalue weighted by atomic mass is 32.1. The molecule has 0 spiro atoms. The van der Waals surface area contributed by atoms with Crippen LogP contribution in [0, 0.1) is 6.92 Å². The molecule has 0 bridgehead atoms. The van der Waals surface area contributed by atoms with Crippen LogP contribution in [0.1, 0.15) is 112 Å². The van der Waals surface area contributed by atoms with Crippen molar-refractivity contribution in [3.63, 3.8) is 0 Å². The summed E-state index contributed by atoms with van der Waals surface area (Å²) in [5, 5.41) is 5.81. The number of urea groups is 1. The third kappa shape index (κ3) is 12.1. The van der Waals surface area contributed by atoms with Crippen LogP contribution in [-0.4, -0.2) is 18.4 Å². The number of carbonyl (C=O) groups excluding carboxylic acids is 2. The molecule has 0 saturated carbocycles. The smallest absolute Gasteiger partial charge is 0.323 e. The zero-order valence-electron chi connectivity index (χ0n) is 25.2. The highest BCUT2D eigenvalue weighted by molar-refractivity contribution is 7.09. The number of thiazole rings is 1. The summed E-state index contributed by atoms with van der Waals surface area (Å²) in [5.74, 6) is 0.351. The first-order valence-corrected chi connectivity index (χ1v) is 16.2. The van der Waals surface area contributed by atoms with Crippen LogP contribution < -0.4 is 19.9 Å². The quantitative estimate of drug-likeness (QED) is 0.0846. The molecule has 2 amide bonds. The molecule has 2 N–H and O–H groups in total. The van der Waals surface area contributed by atoms with Crippen LogP contribution in [-0.2, 0) is 6.54 Å². The predicted octanol–water partition coefficient (Wildman–Crippen LogP) is 9.32. The van der Waals surface area contributed by atoms with Gasteiger partial charge in [0.15, 0.2) is 24.3 Å². The maximum Gasteiger partial charge on any atom is 0.323 e. The minimum Gasteiger partial charge on any atom is -0.491 e. The highest BCUT2D eigenvalue weighted by Gasteiger charge is 2.16. The van der Waals surface area contributed by atoms with Gasteiger partial charge in [-0.1, -0.05) is 107 Å². The SMILES string of the molecule is CCCCCCCCCCCCCCOc1c(NC(=O)Nc2cccc(C[n+]3csc(C)c3)c2)cccc1C(C)=O. The van der Waals surface area contributed by atoms with E-state index in [0.717, 1.165) is 24.9 Å². The molecule has 0 atom stereocenters. The van der Waals surface area contributed by atoms with Gasteiger partial charge in [-0.15, -0.1) is 0 Å². The Kier molecular flexibility index (Phi) is 14.4. The van der Waals surface area contributed by atoms with Crippen molar-refractivity contribution >= 4 is 34.5 Å². The Morgan fingerprint density at radius 3 is 2.15 bits per heavy atom. The van der Waals surface area contributed by atoms with Crippen LogP contribution in [0.3, 0.4) is 0 Å². The molecule has 0 aliphatic heterocycles. The lowest BCUT2D eigenvalue weighted by molar-refractivity contribution is -0.683. The molecule has 1 aromatic heterocycles. The van der Waals surface area contributed by atoms with Crippen molar-refractivity contribution in [2.24, 2.45) is 0 Å². The molecular formula is C34H48N3O3S+. The fourth-order valence-corrected chi connectivity index (χ4v) is 5.59. The van der Waals surface area contributed by atoms with Crippen molar-refractivity contribution in [3.05, 3.63) is 70.2 Å². The fourth-order valence-electron chi connectivity index (χ4n) is 4.96. The number of unbranched alkanes of at least 4 members (excludes halogenated alkanes) is 11. The number of amides is 2. The van der Waals surface area contributed by atoms with Gasteiger partial charge in [0.2, 0.25) is 5.51 Å². The number of anilines is 2. The Hall–Kier alpha value is -3.19. The van der Waals surface area contributed by atoms with E-state index >= 15 is 0 Å². The number of aryl methyl sites for hydroxylation is 1. The maximum absolute atomic E-state index is 12.9. The minimum absolute atomic E-state index is 0.0902. The van der Waals surface area contributed by atoms with Gasteiger partial charge in [-0.2, -0.15) is 4.57 Å². The molecule has 3 aromatic rings. The zero-order chi connectivity index (χ0) is 29.3. The van der Waals surface area contributed by atoms with Gasteiger partial charge in [0, 0.05) is 11.3 Å². The number of benzene rings is 2. The zero-order valence-corrected chi connectivity index (χ0v) is 26.0. The minimum atomic E-state index is -0.378. The molecule has 1 heterocycles. The lowest BCUT2D eigenvalue weighted by Gasteiger charge is -2.16. The molecule has 0 aliphatic carbocycles. The summed E-state index contributed by atoms with van der Waals surface area (Å²) in [5.41, 5.74) is 4.86. The molecule has 0 saturated heterocycles. The number of Topliss-reactive ketones (excluding diaryl/α,β-unsaturated/α-hetero) is 1. The monoisotopic (exact) mass is 578 g/mol. The van der Waals surface area contributed by atoms with E-state index < -0.39 is 0 Å². The Balaban J connectivity index is 1.45. The Bertz CT molecular complexity index is 1220. The Labute approximate surface area is 250 Å². The lowest BCUT2D eigenvalue weighted by atomic mass is 10.1. The summed E-state index contributed by atoms with van der Waals surface area (Å²) in [4.78, 5) is 26.5. The third-order valence-corrected chi connectivity index (χ3v) is 8.01. The average Bonchev–Trinajstić information content (AvgIpc) is 3.36. The Morgan fingerprint density at radius 2 is 1.51 bits per heavy atom. The van der Waals surface area contributed by atoms with E-state index in [0.29, 0.717) is 29.3 Å². The van der Waals surface area contributed by atoms with Crippen LogP contribution in [0.25, 0.3) is 0 Å². The second-order valence-corrected chi connectivity index (χ2v) is 12.0. The summed E-state index contributed by atoms with van der Waals surface area (Å²) in [7, 11) is 0. The maximum atomic E-state index is 12.9. The van der Waals surface area contributed by atoms with Gasteiger partial charge in [0.25, 0.3) is 0 Å². The first-order chi connectivity index (χ1) is 20.0. The number of hydrogen-bond acceptors (Lipinski definition) is 4. The number of carbonyl (C=O) groups is 2. The second-order valence-electron chi connectivity index (χ2n) is 10.9. The van der Waals surface area contributed by atoms with E-state index in [-0.39, 0.29) is 11.8 Å². The van der Waals surface area contributed by atoms with Gasteiger partial charge < -0.3 is 15.4 Å². The molecule has 0 aliphatic rings. The molecule has 41 heavy (non-hydrogen) atoms. The Morgan fingerprint density at radius 1 is 0.854 bits per heavy atom. The largest absolute Gasteiger partial charge is 0.491 e. The number of aromatic nitrogens is 1. The van der Waals surface area contributed by atoms with Crippen LogP contribution in [0.2, 0.25) is 0 Å². The van der Waals surface area contributed by atoms with Gasteiger partial charge in [-0.3, -0.25) is 4.79 Å². The van der Waals surface area contributed by atoms with E-state index in [1.165, 1.54) is 76.0 Å². The van der Waals surface area contributed by atoms with E-state index in [1.54, 1.807) is 29.5 Å². The van der Waals surface area contributed by atoms with Gasteiger partial charge >= 0.3 is 6.03 Å². The van der Waals surface area contributed by atoms with Gasteiger partial charge in [0.05, 0.1) is 22.7 Å². The molecule has 0 radical (unpaired) electrons. The van der Waals surface area contributed by atoms with Gasteiger partial charge in [-0.25, -0.2) is 4.79 Å². The normalized spacial score (nSPS) is 10.9. The second kappa shape index (κ2) is 18.3. The molecule has 6 nitrogen and oxygen atoms in total. The molecule has 0 fully saturated rings. The van der Waals surface area contributed by atoms with Crippen molar-refractivity contribution in [2.75, 3.05) is 17.2 Å². The van der Waals surface area contributed by atoms with E-state index in [9.17, 15) is 9.59 Å². The summed E-state index contributed by atoms with van der Waals surface area (Å²) in [6.07, 6.45) is 17.4. The summed E-state index contributed by atoms with van der Waals surface area (Å²) in [6.45, 7) is 7.12. The van der Waals surface area contributed by atoms with Crippen LogP contribution in [0.4, 0.5) is 16.2 Å². The number of ketones is 1. The molecule has 2 aromatic carbocycles. The highest BCUT2D eigenvalue weighted by Crippen LogP contribution is 2.30. The number of nitrogens with one attached hydrogen (secondary N) is 2. The van der Waals surface area contributed by atoms with Crippen LogP contribution in [0.15, 0.2) is 54.2 Å². The predicted molar refractivity (Wildman–Crippen MR) is 170 cm³/mol. The lowest BCUT2D eigenvalue weighted by Crippen LogP contribution is -2.30. The standard InChI is InChI=1S/C34H47N3O3S/c1-4-5-6-7-8-9-10-11-12-13-14-15-22-40-33-31(28(3)38)20-17-21-32(33)36-34(39)35-30-19-16-18-29(23-30)25-37-24-27(2)41-26-37/h16-21,23-24,26H,4-15,22,25H2,1-3H3,(H-,35,36,39)/p+1. The first kappa shape index (κ1) is 32.3. The number of nitrogens with zero attached hydrogens (tertiary/aromatic N) is 1. The van der Waals surface area contributed by atoms with E-state index in [4.69, 9.17) is 4.74 Å². The van der Waals surface area contributed by atoms with Gasteiger partial charge in [0.1, 0.15) is 0 Å². The summed E-state index contributed by atoms with van der Waals surface area (Å²) in [6, 6.07) is 12.7. The van der Waals surface area contributed by atoms with Crippen molar-refractivity contribution in [2.45, 2.75) is 104 Å². The van der Waals surface area contributed by atoms with Crippen molar-refractivity contribution in [1.29, 1.82) is 0 Å². The number of ether oxygens (including phenoxy) is 1. The van der Waals surface area contributed by atoms with Crippen LogP contribution in [0.5, 0.6) is 5.75 Å². The van der Waals surface area contributed by atoms with Crippen molar-refractivity contribution in [1.82, 2.24) is 0 Å².